The zero-order valence-electron chi connectivity index (χ0n) is 13.8. The van der Waals surface area contributed by atoms with Crippen molar-refractivity contribution in [1.82, 2.24) is 0 Å². The van der Waals surface area contributed by atoms with Crippen LogP contribution in [0, 0.1) is 12.8 Å². The summed E-state index contributed by atoms with van der Waals surface area (Å²) in [4.78, 5) is 24.9. The van der Waals surface area contributed by atoms with E-state index in [2.05, 4.69) is 0 Å². The molecule has 0 saturated carbocycles. The Morgan fingerprint density at radius 2 is 1.96 bits per heavy atom. The molecule has 2 N–H and O–H groups in total. The van der Waals surface area contributed by atoms with Crippen LogP contribution in [-0.2, 0) is 4.79 Å². The molecule has 1 amide bonds. The maximum Gasteiger partial charge on any atom is 0.335 e. The van der Waals surface area contributed by atoms with Crippen LogP contribution in [0.3, 0.4) is 0 Å². The van der Waals surface area contributed by atoms with Gasteiger partial charge in [-0.15, -0.1) is 0 Å². The van der Waals surface area contributed by atoms with Crippen molar-refractivity contribution in [1.29, 1.82) is 0 Å². The maximum absolute atomic E-state index is 12.2. The van der Waals surface area contributed by atoms with Gasteiger partial charge in [0.1, 0.15) is 11.5 Å². The molecule has 130 valence electrons. The summed E-state index contributed by atoms with van der Waals surface area (Å²) in [6.07, 6.45) is 0.396. The third-order valence-electron chi connectivity index (χ3n) is 4.28. The molecule has 0 bridgehead atoms. The summed E-state index contributed by atoms with van der Waals surface area (Å²) in [5, 5.41) is 18.4. The van der Waals surface area contributed by atoms with E-state index in [9.17, 15) is 14.7 Å². The minimum Gasteiger partial charge on any atom is -0.508 e. The number of aryl methyl sites for hydroxylation is 1. The molecule has 1 aliphatic heterocycles. The molecule has 0 aliphatic carbocycles. The largest absolute Gasteiger partial charge is 0.508 e. The Morgan fingerprint density at radius 1 is 1.24 bits per heavy atom. The fourth-order valence-electron chi connectivity index (χ4n) is 2.96. The van der Waals surface area contributed by atoms with Crippen LogP contribution >= 0.6 is 0 Å². The second kappa shape index (κ2) is 6.84. The van der Waals surface area contributed by atoms with Crippen LogP contribution in [0.2, 0.25) is 0 Å². The lowest BCUT2D eigenvalue weighted by Gasteiger charge is -2.17. The van der Waals surface area contributed by atoms with E-state index in [0.717, 1.165) is 5.69 Å². The van der Waals surface area contributed by atoms with Crippen molar-refractivity contribution in [2.24, 2.45) is 5.92 Å². The van der Waals surface area contributed by atoms with E-state index in [1.54, 1.807) is 48.2 Å². The first-order valence-electron chi connectivity index (χ1n) is 8.00. The quantitative estimate of drug-likeness (QED) is 0.873. The van der Waals surface area contributed by atoms with Crippen LogP contribution < -0.4 is 9.64 Å². The highest BCUT2D eigenvalue weighted by Gasteiger charge is 2.31. The van der Waals surface area contributed by atoms with Crippen LogP contribution in [0.1, 0.15) is 22.3 Å². The maximum atomic E-state index is 12.2. The number of aromatic carboxylic acids is 1. The minimum atomic E-state index is -0.963. The summed E-state index contributed by atoms with van der Waals surface area (Å²) in [6.45, 7) is 2.66. The molecule has 2 aromatic carbocycles. The zero-order chi connectivity index (χ0) is 18.0. The summed E-state index contributed by atoms with van der Waals surface area (Å²) < 4.78 is 5.75. The van der Waals surface area contributed by atoms with Gasteiger partial charge in [0.25, 0.3) is 0 Å². The SMILES string of the molecule is Cc1cc(OCC2CC(=O)N(c3ccc(O)cc3)C2)ccc1C(=O)O. The van der Waals surface area contributed by atoms with Crippen molar-refractivity contribution in [3.05, 3.63) is 53.6 Å². The molecule has 3 rings (SSSR count). The molecule has 1 heterocycles. The molecule has 1 fully saturated rings. The molecule has 1 aliphatic rings. The van der Waals surface area contributed by atoms with E-state index >= 15 is 0 Å². The van der Waals surface area contributed by atoms with E-state index in [4.69, 9.17) is 9.84 Å². The summed E-state index contributed by atoms with van der Waals surface area (Å²) in [7, 11) is 0. The van der Waals surface area contributed by atoms with Crippen molar-refractivity contribution in [3.63, 3.8) is 0 Å². The predicted molar refractivity (Wildman–Crippen MR) is 92.2 cm³/mol. The number of carbonyl (C=O) groups excluding carboxylic acids is 1. The molecule has 0 spiro atoms. The van der Waals surface area contributed by atoms with Gasteiger partial charge in [-0.05, 0) is 55.0 Å². The number of hydrogen-bond acceptors (Lipinski definition) is 4. The van der Waals surface area contributed by atoms with E-state index in [1.165, 1.54) is 6.07 Å². The first-order valence-corrected chi connectivity index (χ1v) is 8.00. The number of anilines is 1. The Bertz CT molecular complexity index is 800. The third-order valence-corrected chi connectivity index (χ3v) is 4.28. The number of aromatic hydroxyl groups is 1. The van der Waals surface area contributed by atoms with E-state index in [1.807, 2.05) is 0 Å². The smallest absolute Gasteiger partial charge is 0.335 e. The Hall–Kier alpha value is -3.02. The second-order valence-corrected chi connectivity index (χ2v) is 6.18. The lowest BCUT2D eigenvalue weighted by atomic mass is 10.1. The standard InChI is InChI=1S/C19H19NO5/c1-12-8-16(6-7-17(12)19(23)24)25-11-13-9-18(22)20(10-13)14-2-4-15(21)5-3-14/h2-8,13,21H,9-11H2,1H3,(H,23,24). The number of benzene rings is 2. The van der Waals surface area contributed by atoms with Gasteiger partial charge in [-0.2, -0.15) is 0 Å². The lowest BCUT2D eigenvalue weighted by molar-refractivity contribution is -0.117. The zero-order valence-corrected chi connectivity index (χ0v) is 13.8. The number of nitrogens with zero attached hydrogens (tertiary/aromatic N) is 1. The number of carbonyl (C=O) groups is 2. The average Bonchev–Trinajstić information content (AvgIpc) is 2.94. The number of phenols is 1. The van der Waals surface area contributed by atoms with Gasteiger partial charge >= 0.3 is 5.97 Å². The highest BCUT2D eigenvalue weighted by atomic mass is 16.5. The number of phenolic OH excluding ortho intramolecular Hbond substituents is 1. The second-order valence-electron chi connectivity index (χ2n) is 6.18. The number of hydrogen-bond donors (Lipinski definition) is 2. The van der Waals surface area contributed by atoms with Crippen molar-refractivity contribution < 1.29 is 24.5 Å². The summed E-state index contributed by atoms with van der Waals surface area (Å²) in [5.74, 6) is -0.124. The number of amides is 1. The molecule has 2 aromatic rings. The molecule has 1 unspecified atom stereocenters. The topological polar surface area (TPSA) is 87.1 Å². The van der Waals surface area contributed by atoms with E-state index < -0.39 is 5.97 Å². The van der Waals surface area contributed by atoms with Crippen LogP contribution in [0.4, 0.5) is 5.69 Å². The molecule has 1 saturated heterocycles. The van der Waals surface area contributed by atoms with Gasteiger partial charge < -0.3 is 19.8 Å². The van der Waals surface area contributed by atoms with Gasteiger partial charge in [0.05, 0.1) is 12.2 Å². The summed E-state index contributed by atoms with van der Waals surface area (Å²) >= 11 is 0. The van der Waals surface area contributed by atoms with Crippen molar-refractivity contribution in [2.75, 3.05) is 18.1 Å². The fraction of sp³-hybridized carbons (Fsp3) is 0.263. The molecule has 25 heavy (non-hydrogen) atoms. The summed E-state index contributed by atoms with van der Waals surface area (Å²) in [5.41, 5.74) is 1.65. The van der Waals surface area contributed by atoms with Crippen LogP contribution in [0.5, 0.6) is 11.5 Å². The van der Waals surface area contributed by atoms with Gasteiger partial charge in [0, 0.05) is 24.6 Å². The lowest BCUT2D eigenvalue weighted by Crippen LogP contribution is -2.25. The highest BCUT2D eigenvalue weighted by Crippen LogP contribution is 2.27. The fourth-order valence-corrected chi connectivity index (χ4v) is 2.96. The van der Waals surface area contributed by atoms with Crippen molar-refractivity contribution in [2.45, 2.75) is 13.3 Å². The molecule has 0 aromatic heterocycles. The van der Waals surface area contributed by atoms with Crippen molar-refractivity contribution >= 4 is 17.6 Å². The third kappa shape index (κ3) is 3.74. The van der Waals surface area contributed by atoms with Crippen LogP contribution in [-0.4, -0.2) is 35.2 Å². The van der Waals surface area contributed by atoms with Gasteiger partial charge in [0.15, 0.2) is 0 Å². The molecule has 6 heteroatoms. The van der Waals surface area contributed by atoms with Gasteiger partial charge in [0.2, 0.25) is 5.91 Å². The molecular formula is C19H19NO5. The highest BCUT2D eigenvalue weighted by molar-refractivity contribution is 5.95. The molecular weight excluding hydrogens is 322 g/mol. The predicted octanol–water partition coefficient (Wildman–Crippen LogP) is 2.83. The Morgan fingerprint density at radius 3 is 2.60 bits per heavy atom. The first-order chi connectivity index (χ1) is 11.9. The van der Waals surface area contributed by atoms with Gasteiger partial charge in [-0.3, -0.25) is 4.79 Å². The normalized spacial score (nSPS) is 16.9. The Kier molecular flexibility index (Phi) is 4.61. The number of carboxylic acids is 1. The molecule has 6 nitrogen and oxygen atoms in total. The van der Waals surface area contributed by atoms with Crippen LogP contribution in [0.25, 0.3) is 0 Å². The number of ether oxygens (including phenoxy) is 1. The van der Waals surface area contributed by atoms with E-state index in [-0.39, 0.29) is 23.1 Å². The molecule has 1 atom stereocenters. The first kappa shape index (κ1) is 16.8. The van der Waals surface area contributed by atoms with E-state index in [0.29, 0.717) is 30.9 Å². The molecule has 0 radical (unpaired) electrons. The Balaban J connectivity index is 1.61. The van der Waals surface area contributed by atoms with Crippen molar-refractivity contribution in [3.8, 4) is 11.5 Å². The summed E-state index contributed by atoms with van der Waals surface area (Å²) in [6, 6.07) is 11.4. The Labute approximate surface area is 145 Å². The number of rotatable bonds is 5. The average molecular weight is 341 g/mol. The van der Waals surface area contributed by atoms with Gasteiger partial charge in [-0.1, -0.05) is 0 Å². The van der Waals surface area contributed by atoms with Crippen LogP contribution in [0.15, 0.2) is 42.5 Å². The monoisotopic (exact) mass is 341 g/mol. The number of carboxylic acid groups (broad SMARTS) is 1. The minimum absolute atomic E-state index is 0.0247. The van der Waals surface area contributed by atoms with Gasteiger partial charge in [-0.25, -0.2) is 4.79 Å².